The van der Waals surface area contributed by atoms with Crippen molar-refractivity contribution in [1.29, 1.82) is 0 Å². The van der Waals surface area contributed by atoms with Crippen molar-refractivity contribution in [3.63, 3.8) is 0 Å². The Morgan fingerprint density at radius 2 is 1.78 bits per heavy atom. The van der Waals surface area contributed by atoms with Crippen molar-refractivity contribution in [2.24, 2.45) is 0 Å². The van der Waals surface area contributed by atoms with Gasteiger partial charge in [-0.15, -0.1) is 0 Å². The number of anilines is 1. The van der Waals surface area contributed by atoms with E-state index in [0.29, 0.717) is 54.1 Å². The molecule has 1 aliphatic heterocycles. The van der Waals surface area contributed by atoms with Gasteiger partial charge in [-0.1, -0.05) is 41.9 Å². The lowest BCUT2D eigenvalue weighted by Crippen LogP contribution is -2.44. The Balaban J connectivity index is 1.43. The average Bonchev–Trinajstić information content (AvgIpc) is 2.88. The molecule has 0 aliphatic carbocycles. The number of nitrogens with zero attached hydrogens (tertiary/aromatic N) is 1. The van der Waals surface area contributed by atoms with Crippen LogP contribution in [0, 0.1) is 0 Å². The van der Waals surface area contributed by atoms with Crippen LogP contribution in [0.4, 0.5) is 5.69 Å². The van der Waals surface area contributed by atoms with Gasteiger partial charge in [0.25, 0.3) is 5.91 Å². The molecule has 1 aliphatic rings. The fraction of sp³-hybridized carbons (Fsp3) is 0.241. The van der Waals surface area contributed by atoms with E-state index in [2.05, 4.69) is 5.32 Å². The number of benzene rings is 3. The van der Waals surface area contributed by atoms with E-state index in [1.807, 2.05) is 44.2 Å². The summed E-state index contributed by atoms with van der Waals surface area (Å²) in [4.78, 5) is 27.6. The first-order chi connectivity index (χ1) is 18.0. The molecule has 0 fully saturated rings. The van der Waals surface area contributed by atoms with Crippen LogP contribution in [0.25, 0.3) is 6.08 Å². The van der Waals surface area contributed by atoms with E-state index in [9.17, 15) is 9.59 Å². The summed E-state index contributed by atoms with van der Waals surface area (Å²) in [6, 6.07) is 20.0. The number of halogens is 1. The molecule has 192 valence electrons. The number of para-hydroxylation sites is 2. The zero-order chi connectivity index (χ0) is 26.2. The van der Waals surface area contributed by atoms with E-state index >= 15 is 0 Å². The zero-order valence-electron chi connectivity index (χ0n) is 20.8. The maximum absolute atomic E-state index is 13.3. The highest BCUT2D eigenvalue weighted by Gasteiger charge is 2.31. The van der Waals surface area contributed by atoms with Crippen LogP contribution < -0.4 is 24.4 Å². The highest BCUT2D eigenvalue weighted by molar-refractivity contribution is 6.30. The van der Waals surface area contributed by atoms with E-state index in [1.165, 1.54) is 4.90 Å². The molecule has 0 radical (unpaired) electrons. The minimum atomic E-state index is -0.401. The van der Waals surface area contributed by atoms with Crippen molar-refractivity contribution in [3.05, 3.63) is 88.6 Å². The minimum absolute atomic E-state index is 0.117. The van der Waals surface area contributed by atoms with E-state index in [4.69, 9.17) is 25.8 Å². The molecular formula is C29H29ClN2O5. The predicted octanol–water partition coefficient (Wildman–Crippen LogP) is 5.26. The molecule has 0 spiro atoms. The monoisotopic (exact) mass is 520 g/mol. The van der Waals surface area contributed by atoms with E-state index in [0.717, 1.165) is 11.1 Å². The second-order valence-corrected chi connectivity index (χ2v) is 8.71. The zero-order valence-corrected chi connectivity index (χ0v) is 21.6. The SMILES string of the molecule is CCOc1ccc(CCNC(=O)CN2C(=O)C(=Cc3cccc(Cl)c3)Oc3ccccc32)cc1OCC. The summed E-state index contributed by atoms with van der Waals surface area (Å²) in [7, 11) is 0. The second-order valence-electron chi connectivity index (χ2n) is 8.27. The molecule has 3 aromatic rings. The summed E-state index contributed by atoms with van der Waals surface area (Å²) in [5, 5.41) is 3.46. The van der Waals surface area contributed by atoms with Gasteiger partial charge in [0.05, 0.1) is 18.9 Å². The number of nitrogens with one attached hydrogen (secondary N) is 1. The minimum Gasteiger partial charge on any atom is -0.490 e. The van der Waals surface area contributed by atoms with Crippen molar-refractivity contribution in [1.82, 2.24) is 5.32 Å². The van der Waals surface area contributed by atoms with Gasteiger partial charge in [0.15, 0.2) is 23.0 Å². The quantitative estimate of drug-likeness (QED) is 0.369. The van der Waals surface area contributed by atoms with Crippen molar-refractivity contribution in [2.75, 3.05) is 31.2 Å². The lowest BCUT2D eigenvalue weighted by molar-refractivity contribution is -0.123. The second kappa shape index (κ2) is 12.3. The molecule has 0 saturated heterocycles. The Morgan fingerprint density at radius 1 is 1.00 bits per heavy atom. The molecular weight excluding hydrogens is 492 g/mol. The van der Waals surface area contributed by atoms with Crippen LogP contribution in [-0.4, -0.2) is 38.1 Å². The van der Waals surface area contributed by atoms with Gasteiger partial charge in [0, 0.05) is 11.6 Å². The van der Waals surface area contributed by atoms with Crippen molar-refractivity contribution in [3.8, 4) is 17.2 Å². The number of ether oxygens (including phenoxy) is 3. The smallest absolute Gasteiger partial charge is 0.294 e. The first kappa shape index (κ1) is 26.1. The molecule has 37 heavy (non-hydrogen) atoms. The maximum Gasteiger partial charge on any atom is 0.294 e. The Hall–Kier alpha value is -3.97. The Labute approximate surface area is 221 Å². The summed E-state index contributed by atoms with van der Waals surface area (Å²) in [5.74, 6) is 1.32. The molecule has 0 aromatic heterocycles. The number of carbonyl (C=O) groups is 2. The fourth-order valence-corrected chi connectivity index (χ4v) is 4.16. The van der Waals surface area contributed by atoms with Crippen LogP contribution in [0.15, 0.2) is 72.5 Å². The standard InChI is InChI=1S/C29H29ClN2O5/c1-3-35-25-13-12-20(17-26(25)36-4-2)14-15-31-28(33)19-32-23-10-5-6-11-24(23)37-27(29(32)34)18-21-8-7-9-22(30)16-21/h5-13,16-18H,3-4,14-15,19H2,1-2H3,(H,31,33). The highest BCUT2D eigenvalue weighted by atomic mass is 35.5. The molecule has 4 rings (SSSR count). The van der Waals surface area contributed by atoms with Crippen LogP contribution in [0.2, 0.25) is 5.02 Å². The summed E-state index contributed by atoms with van der Waals surface area (Å²) in [6.45, 7) is 5.19. The number of hydrogen-bond donors (Lipinski definition) is 1. The van der Waals surface area contributed by atoms with Gasteiger partial charge in [-0.25, -0.2) is 0 Å². The normalized spacial score (nSPS) is 13.6. The fourth-order valence-electron chi connectivity index (χ4n) is 3.96. The Bertz CT molecular complexity index is 1310. The highest BCUT2D eigenvalue weighted by Crippen LogP contribution is 2.35. The van der Waals surface area contributed by atoms with E-state index in [1.54, 1.807) is 42.5 Å². The Kier molecular flexibility index (Phi) is 8.69. The molecule has 3 aromatic carbocycles. The summed E-state index contributed by atoms with van der Waals surface area (Å²) < 4.78 is 17.2. The van der Waals surface area contributed by atoms with Crippen molar-refractivity contribution < 1.29 is 23.8 Å². The predicted molar refractivity (Wildman–Crippen MR) is 144 cm³/mol. The van der Waals surface area contributed by atoms with Crippen LogP contribution in [-0.2, 0) is 16.0 Å². The van der Waals surface area contributed by atoms with Crippen LogP contribution in [0.1, 0.15) is 25.0 Å². The van der Waals surface area contributed by atoms with Gasteiger partial charge < -0.3 is 19.5 Å². The lowest BCUT2D eigenvalue weighted by Gasteiger charge is -2.30. The molecule has 0 bridgehead atoms. The van der Waals surface area contributed by atoms with Gasteiger partial charge in [0.2, 0.25) is 5.91 Å². The topological polar surface area (TPSA) is 77.1 Å². The molecule has 0 unspecified atom stereocenters. The number of amides is 2. The van der Waals surface area contributed by atoms with Gasteiger partial charge in [0.1, 0.15) is 6.54 Å². The van der Waals surface area contributed by atoms with Crippen LogP contribution in [0.3, 0.4) is 0 Å². The van der Waals surface area contributed by atoms with Gasteiger partial charge >= 0.3 is 0 Å². The van der Waals surface area contributed by atoms with E-state index < -0.39 is 5.91 Å². The molecule has 1 heterocycles. The van der Waals surface area contributed by atoms with Crippen molar-refractivity contribution in [2.45, 2.75) is 20.3 Å². The lowest BCUT2D eigenvalue weighted by atomic mass is 10.1. The van der Waals surface area contributed by atoms with Crippen LogP contribution in [0.5, 0.6) is 17.2 Å². The van der Waals surface area contributed by atoms with Gasteiger partial charge in [-0.05, 0) is 73.9 Å². The van der Waals surface area contributed by atoms with Gasteiger partial charge in [-0.2, -0.15) is 0 Å². The average molecular weight is 521 g/mol. The maximum atomic E-state index is 13.3. The van der Waals surface area contributed by atoms with Crippen LogP contribution >= 0.6 is 11.6 Å². The molecule has 1 N–H and O–H groups in total. The third kappa shape index (κ3) is 6.62. The summed E-state index contributed by atoms with van der Waals surface area (Å²) in [6.07, 6.45) is 2.22. The number of rotatable bonds is 10. The number of fused-ring (bicyclic) bond motifs is 1. The first-order valence-corrected chi connectivity index (χ1v) is 12.6. The largest absolute Gasteiger partial charge is 0.490 e. The molecule has 7 nitrogen and oxygen atoms in total. The summed E-state index contributed by atoms with van der Waals surface area (Å²) in [5.41, 5.74) is 2.27. The molecule has 2 amide bonds. The third-order valence-electron chi connectivity index (χ3n) is 5.62. The van der Waals surface area contributed by atoms with Crippen molar-refractivity contribution >= 4 is 35.2 Å². The summed E-state index contributed by atoms with van der Waals surface area (Å²) >= 11 is 6.08. The number of carbonyl (C=O) groups excluding carboxylic acids is 2. The first-order valence-electron chi connectivity index (χ1n) is 12.2. The number of hydrogen-bond acceptors (Lipinski definition) is 5. The Morgan fingerprint density at radius 3 is 2.57 bits per heavy atom. The molecule has 0 atom stereocenters. The van der Waals surface area contributed by atoms with Gasteiger partial charge in [-0.3, -0.25) is 14.5 Å². The molecule has 8 heteroatoms. The molecule has 0 saturated carbocycles. The van der Waals surface area contributed by atoms with E-state index in [-0.39, 0.29) is 18.2 Å². The third-order valence-corrected chi connectivity index (χ3v) is 5.86.